The van der Waals surface area contributed by atoms with Gasteiger partial charge in [-0.15, -0.1) is 0 Å². The first-order valence-electron chi connectivity index (χ1n) is 18.8. The Hall–Kier alpha value is -5.11. The summed E-state index contributed by atoms with van der Waals surface area (Å²) in [6.45, 7) is 4.22. The largest absolute Gasteiger partial charge is 0.481 e. The van der Waals surface area contributed by atoms with Crippen molar-refractivity contribution >= 4 is 29.7 Å². The Kier molecular flexibility index (Phi) is 14.5. The van der Waals surface area contributed by atoms with Crippen LogP contribution in [0.25, 0.3) is 11.1 Å². The fraction of sp³-hybridized carbons (Fsp3) is 0.452. The SMILES string of the molecule is CC(C)CO[C@@H]1CC[C@H](N(C)CC(=O)N[C@@H](CC(=O)O)C(=O)N[C@@H](Cc2ccccc2)C(=O)O)[C@@H](COC(=O)CCC2c3ccccc3-c3ccccc32)O1. The molecule has 3 aromatic carbocycles. The van der Waals surface area contributed by atoms with E-state index in [-0.39, 0.29) is 49.8 Å². The van der Waals surface area contributed by atoms with Crippen LogP contribution in [0.15, 0.2) is 78.9 Å². The summed E-state index contributed by atoms with van der Waals surface area (Å²) in [5, 5.41) is 24.1. The number of likely N-dealkylation sites (N-methyl/N-ethyl adjacent to an activating group) is 1. The van der Waals surface area contributed by atoms with Crippen LogP contribution in [0.3, 0.4) is 0 Å². The first-order valence-corrected chi connectivity index (χ1v) is 18.8. The zero-order valence-electron chi connectivity index (χ0n) is 31.5. The van der Waals surface area contributed by atoms with Gasteiger partial charge in [0.05, 0.1) is 19.6 Å². The van der Waals surface area contributed by atoms with Crippen LogP contribution in [-0.4, -0.2) is 102 Å². The molecule has 2 aliphatic rings. The second kappa shape index (κ2) is 19.5. The average Bonchev–Trinajstić information content (AvgIpc) is 3.48. The summed E-state index contributed by atoms with van der Waals surface area (Å²) in [6.07, 6.45) is -0.123. The molecule has 294 valence electrons. The van der Waals surface area contributed by atoms with Gasteiger partial charge >= 0.3 is 17.9 Å². The Morgan fingerprint density at radius 3 is 2.11 bits per heavy atom. The minimum atomic E-state index is -1.53. The van der Waals surface area contributed by atoms with Crippen LogP contribution in [0.2, 0.25) is 0 Å². The summed E-state index contributed by atoms with van der Waals surface area (Å²) < 4.78 is 18.1. The maximum atomic E-state index is 13.3. The summed E-state index contributed by atoms with van der Waals surface area (Å²) in [5.74, 6) is -4.25. The number of fused-ring (bicyclic) bond motifs is 3. The third kappa shape index (κ3) is 11.5. The van der Waals surface area contributed by atoms with Gasteiger partial charge in [-0.05, 0) is 60.0 Å². The molecule has 1 heterocycles. The number of nitrogens with zero attached hydrogens (tertiary/aromatic N) is 1. The van der Waals surface area contributed by atoms with Crippen molar-refractivity contribution in [3.8, 4) is 11.1 Å². The van der Waals surface area contributed by atoms with Crippen molar-refractivity contribution in [3.05, 3.63) is 95.6 Å². The molecular formula is C42H51N3O10. The normalized spacial score (nSPS) is 18.9. The van der Waals surface area contributed by atoms with Gasteiger partial charge in [0, 0.05) is 24.8 Å². The van der Waals surface area contributed by atoms with Crippen molar-refractivity contribution in [2.45, 2.75) is 88.8 Å². The van der Waals surface area contributed by atoms with Gasteiger partial charge in [-0.1, -0.05) is 92.7 Å². The molecule has 13 nitrogen and oxygen atoms in total. The summed E-state index contributed by atoms with van der Waals surface area (Å²) >= 11 is 0. The molecule has 1 fully saturated rings. The number of esters is 1. The first-order chi connectivity index (χ1) is 26.4. The summed E-state index contributed by atoms with van der Waals surface area (Å²) in [6, 6.07) is 21.9. The molecule has 2 amide bonds. The van der Waals surface area contributed by atoms with Gasteiger partial charge in [-0.2, -0.15) is 0 Å². The number of aliphatic carboxylic acids is 2. The van der Waals surface area contributed by atoms with Crippen molar-refractivity contribution in [1.29, 1.82) is 0 Å². The molecule has 55 heavy (non-hydrogen) atoms. The lowest BCUT2D eigenvalue weighted by molar-refractivity contribution is -0.225. The molecule has 1 saturated heterocycles. The average molecular weight is 758 g/mol. The smallest absolute Gasteiger partial charge is 0.326 e. The van der Waals surface area contributed by atoms with Crippen LogP contribution in [-0.2, 0) is 44.6 Å². The molecule has 0 unspecified atom stereocenters. The molecule has 13 heteroatoms. The molecule has 3 aromatic rings. The third-order valence-corrected chi connectivity index (χ3v) is 9.96. The maximum absolute atomic E-state index is 13.3. The molecule has 1 aliphatic carbocycles. The van der Waals surface area contributed by atoms with Crippen LogP contribution in [0.5, 0.6) is 0 Å². The highest BCUT2D eigenvalue weighted by atomic mass is 16.7. The van der Waals surface area contributed by atoms with Crippen LogP contribution in [0.1, 0.15) is 68.6 Å². The molecule has 5 rings (SSSR count). The summed E-state index contributed by atoms with van der Waals surface area (Å²) in [7, 11) is 1.69. The van der Waals surface area contributed by atoms with Crippen molar-refractivity contribution in [3.63, 3.8) is 0 Å². The van der Waals surface area contributed by atoms with E-state index in [0.717, 1.165) is 0 Å². The van der Waals surface area contributed by atoms with Crippen LogP contribution < -0.4 is 10.6 Å². The number of nitrogens with one attached hydrogen (secondary N) is 2. The third-order valence-electron chi connectivity index (χ3n) is 9.96. The molecule has 0 radical (unpaired) electrons. The van der Waals surface area contributed by atoms with E-state index >= 15 is 0 Å². The quantitative estimate of drug-likeness (QED) is 0.128. The number of hydrogen-bond donors (Lipinski definition) is 4. The van der Waals surface area contributed by atoms with Gasteiger partial charge in [0.1, 0.15) is 24.8 Å². The number of ether oxygens (including phenoxy) is 3. The van der Waals surface area contributed by atoms with E-state index in [2.05, 4.69) is 34.9 Å². The number of carboxylic acids is 2. The number of carboxylic acid groups (broad SMARTS) is 2. The Morgan fingerprint density at radius 2 is 1.49 bits per heavy atom. The molecule has 0 saturated carbocycles. The lowest BCUT2D eigenvalue weighted by atomic mass is 9.92. The van der Waals surface area contributed by atoms with Gasteiger partial charge < -0.3 is 35.1 Å². The highest BCUT2D eigenvalue weighted by molar-refractivity contribution is 5.93. The Balaban J connectivity index is 1.19. The van der Waals surface area contributed by atoms with E-state index in [4.69, 9.17) is 14.2 Å². The van der Waals surface area contributed by atoms with Crippen molar-refractivity contribution in [2.75, 3.05) is 26.8 Å². The summed E-state index contributed by atoms with van der Waals surface area (Å²) in [4.78, 5) is 65.0. The zero-order chi connectivity index (χ0) is 39.5. The first kappa shape index (κ1) is 41.1. The molecule has 4 N–H and O–H groups in total. The fourth-order valence-electron chi connectivity index (χ4n) is 7.29. The van der Waals surface area contributed by atoms with Gasteiger partial charge in [0.25, 0.3) is 0 Å². The van der Waals surface area contributed by atoms with E-state index < -0.39 is 54.7 Å². The van der Waals surface area contributed by atoms with Crippen molar-refractivity contribution < 1.29 is 48.4 Å². The second-order valence-electron chi connectivity index (χ2n) is 14.6. The number of benzene rings is 3. The highest BCUT2D eigenvalue weighted by Gasteiger charge is 2.37. The molecule has 0 aromatic heterocycles. The molecule has 5 atom stereocenters. The monoisotopic (exact) mass is 757 g/mol. The number of hydrogen-bond acceptors (Lipinski definition) is 9. The van der Waals surface area contributed by atoms with Gasteiger partial charge in [0.2, 0.25) is 11.8 Å². The standard InChI is InChI=1S/C42H51N3O10/c1-26(2)24-54-40-20-18-35(36(55-40)25-53-39(49)19-17-32-30-15-9-7-13-28(30)29-14-8-10-16-31(29)32)45(3)23-37(46)43-33(22-38(47)48)41(50)44-34(42(51)52)21-27-11-5-4-6-12-27/h4-16,26,32-36,40H,17-25H2,1-3H3,(H,43,46)(H,44,50)(H,47,48)(H,51,52)/t33-,34-,35-,36+,40-/m0/s1. The van der Waals surface area contributed by atoms with Gasteiger partial charge in [-0.3, -0.25) is 24.1 Å². The number of rotatable bonds is 19. The maximum Gasteiger partial charge on any atom is 0.326 e. The van der Waals surface area contributed by atoms with E-state index in [9.17, 15) is 34.2 Å². The highest BCUT2D eigenvalue weighted by Crippen LogP contribution is 2.46. The summed E-state index contributed by atoms with van der Waals surface area (Å²) in [5.41, 5.74) is 5.39. The van der Waals surface area contributed by atoms with Crippen LogP contribution in [0.4, 0.5) is 0 Å². The number of amides is 2. The Labute approximate surface area is 321 Å². The van der Waals surface area contributed by atoms with E-state index in [1.54, 1.807) is 42.3 Å². The van der Waals surface area contributed by atoms with Gasteiger partial charge in [-0.25, -0.2) is 4.79 Å². The van der Waals surface area contributed by atoms with Crippen LogP contribution in [0, 0.1) is 5.92 Å². The Morgan fingerprint density at radius 1 is 0.855 bits per heavy atom. The van der Waals surface area contributed by atoms with E-state index in [1.165, 1.54) is 22.3 Å². The zero-order valence-corrected chi connectivity index (χ0v) is 31.5. The molecule has 0 spiro atoms. The van der Waals surface area contributed by atoms with Crippen molar-refractivity contribution in [2.24, 2.45) is 5.92 Å². The fourth-order valence-corrected chi connectivity index (χ4v) is 7.29. The second-order valence-corrected chi connectivity index (χ2v) is 14.6. The predicted octanol–water partition coefficient (Wildman–Crippen LogP) is 4.37. The molecular weight excluding hydrogens is 706 g/mol. The van der Waals surface area contributed by atoms with Gasteiger partial charge in [0.15, 0.2) is 6.29 Å². The minimum absolute atomic E-state index is 0.0313. The lowest BCUT2D eigenvalue weighted by Gasteiger charge is -2.40. The Bertz CT molecular complexity index is 1760. The minimum Gasteiger partial charge on any atom is -0.481 e. The van der Waals surface area contributed by atoms with Crippen molar-refractivity contribution in [1.82, 2.24) is 15.5 Å². The predicted molar refractivity (Wildman–Crippen MR) is 203 cm³/mol. The molecule has 1 aliphatic heterocycles. The number of carbonyl (C=O) groups excluding carboxylic acids is 3. The number of carbonyl (C=O) groups is 5. The van der Waals surface area contributed by atoms with E-state index in [1.807, 2.05) is 38.1 Å². The molecule has 0 bridgehead atoms. The van der Waals surface area contributed by atoms with Crippen LogP contribution >= 0.6 is 0 Å². The van der Waals surface area contributed by atoms with E-state index in [0.29, 0.717) is 31.4 Å². The topological polar surface area (TPSA) is 181 Å². The lowest BCUT2D eigenvalue weighted by Crippen LogP contribution is -2.56.